The van der Waals surface area contributed by atoms with Crippen LogP contribution >= 0.6 is 22.9 Å². The molecule has 0 radical (unpaired) electrons. The third-order valence-corrected chi connectivity index (χ3v) is 13.3. The number of hydrogen-bond donors (Lipinski definition) is 1. The van der Waals surface area contributed by atoms with Gasteiger partial charge in [-0.05, 0) is 95.5 Å². The minimum atomic E-state index is -1.33. The van der Waals surface area contributed by atoms with Crippen molar-refractivity contribution in [1.29, 1.82) is 0 Å². The largest absolute Gasteiger partial charge is 0.504 e. The maximum Gasteiger partial charge on any atom is 0.242 e. The summed E-state index contributed by atoms with van der Waals surface area (Å²) in [5, 5.41) is 18.2. The lowest BCUT2D eigenvalue weighted by molar-refractivity contribution is -0.145. The second-order valence-electron chi connectivity index (χ2n) is 15.7. The van der Waals surface area contributed by atoms with E-state index in [1.807, 2.05) is 58.9 Å². The fraction of sp³-hybridized carbons (Fsp3) is 0.425. The maximum absolute atomic E-state index is 15.1. The van der Waals surface area contributed by atoms with Crippen molar-refractivity contribution in [3.05, 3.63) is 70.3 Å². The highest BCUT2D eigenvalue weighted by atomic mass is 35.5. The first-order valence-electron chi connectivity index (χ1n) is 17.7. The van der Waals surface area contributed by atoms with Crippen LogP contribution in [-0.4, -0.2) is 55.6 Å². The number of aromatic nitrogens is 2. The van der Waals surface area contributed by atoms with Crippen molar-refractivity contribution in [3.63, 3.8) is 0 Å². The van der Waals surface area contributed by atoms with Crippen LogP contribution in [-0.2, 0) is 26.2 Å². The van der Waals surface area contributed by atoms with Gasteiger partial charge in [0.05, 0.1) is 34.7 Å². The number of nitrogens with zero attached hydrogens (tertiary/aromatic N) is 4. The number of ether oxygens (including phenoxy) is 1. The van der Waals surface area contributed by atoms with Crippen LogP contribution in [0.1, 0.15) is 64.5 Å². The number of imide groups is 2. The van der Waals surface area contributed by atoms with Crippen molar-refractivity contribution in [2.24, 2.45) is 36.1 Å². The molecule has 4 aliphatic rings. The Morgan fingerprint density at radius 1 is 1.06 bits per heavy atom. The lowest BCUT2D eigenvalue weighted by Crippen LogP contribution is -2.49. The molecule has 4 heterocycles. The number of para-hydroxylation sites is 1. The number of hydrogen-bond acceptors (Lipinski definition) is 8. The van der Waals surface area contributed by atoms with E-state index in [1.165, 1.54) is 9.80 Å². The quantitative estimate of drug-likeness (QED) is 0.167. The van der Waals surface area contributed by atoms with Gasteiger partial charge >= 0.3 is 0 Å². The number of halogens is 1. The number of carbonyl (C=O) groups excluding carboxylic acids is 4. The lowest BCUT2D eigenvalue weighted by atomic mass is 9.51. The molecule has 270 valence electrons. The van der Waals surface area contributed by atoms with Gasteiger partial charge in [-0.15, -0.1) is 11.3 Å². The zero-order valence-corrected chi connectivity index (χ0v) is 31.8. The van der Waals surface area contributed by atoms with E-state index < -0.39 is 52.4 Å². The number of phenolic OH excluding ortho intramolecular Hbond substituents is 1. The molecule has 2 aromatic heterocycles. The van der Waals surface area contributed by atoms with Crippen molar-refractivity contribution in [2.75, 3.05) is 11.5 Å². The molecule has 6 atom stereocenters. The molecule has 0 spiro atoms. The second-order valence-corrected chi connectivity index (χ2v) is 17.2. The molecule has 0 bridgehead atoms. The Bertz CT molecular complexity index is 2270. The van der Waals surface area contributed by atoms with Crippen LogP contribution in [0.2, 0.25) is 5.02 Å². The van der Waals surface area contributed by atoms with Gasteiger partial charge in [-0.2, -0.15) is 5.10 Å². The number of benzene rings is 2. The molecule has 4 aromatic rings. The lowest BCUT2D eigenvalue weighted by Gasteiger charge is -2.49. The first kappa shape index (κ1) is 34.6. The monoisotopic (exact) mass is 740 g/mol. The number of likely N-dealkylation sites (tertiary alicyclic amines) is 1. The van der Waals surface area contributed by atoms with E-state index in [1.54, 1.807) is 54.3 Å². The fourth-order valence-electron chi connectivity index (χ4n) is 9.50. The van der Waals surface area contributed by atoms with Gasteiger partial charge in [0.25, 0.3) is 0 Å². The number of fused-ring (bicyclic) bond motifs is 5. The molecular weight excluding hydrogens is 700 g/mol. The maximum atomic E-state index is 15.1. The summed E-state index contributed by atoms with van der Waals surface area (Å²) in [5.41, 5.74) is 0.827. The molecule has 2 aliphatic carbocycles. The molecule has 2 aliphatic heterocycles. The van der Waals surface area contributed by atoms with Crippen molar-refractivity contribution in [2.45, 2.75) is 65.8 Å². The smallest absolute Gasteiger partial charge is 0.242 e. The van der Waals surface area contributed by atoms with Crippen LogP contribution in [0, 0.1) is 36.0 Å². The number of rotatable bonds is 5. The number of carbonyl (C=O) groups is 4. The van der Waals surface area contributed by atoms with E-state index in [9.17, 15) is 19.5 Å². The van der Waals surface area contributed by atoms with Gasteiger partial charge in [-0.3, -0.25) is 28.8 Å². The minimum absolute atomic E-state index is 0.106. The number of aryl methyl sites for hydroxylation is 2. The van der Waals surface area contributed by atoms with Crippen molar-refractivity contribution >= 4 is 62.5 Å². The molecule has 0 unspecified atom stereocenters. The molecule has 2 aromatic carbocycles. The van der Waals surface area contributed by atoms with Gasteiger partial charge < -0.3 is 9.84 Å². The molecule has 8 rings (SSSR count). The normalized spacial score (nSPS) is 27.3. The highest BCUT2D eigenvalue weighted by molar-refractivity contribution is 7.22. The molecule has 1 saturated carbocycles. The van der Waals surface area contributed by atoms with Gasteiger partial charge in [0.15, 0.2) is 11.5 Å². The Morgan fingerprint density at radius 2 is 1.81 bits per heavy atom. The van der Waals surface area contributed by atoms with E-state index in [2.05, 4.69) is 0 Å². The molecule has 52 heavy (non-hydrogen) atoms. The molecule has 2 saturated heterocycles. The van der Waals surface area contributed by atoms with Gasteiger partial charge in [-0.25, -0.2) is 4.90 Å². The van der Waals surface area contributed by atoms with Gasteiger partial charge in [-0.1, -0.05) is 35.4 Å². The Labute approximate surface area is 311 Å². The standard InChI is InChI=1S/C40H41ClN4O6S/c1-8-51-28-11-9-10-23(33(28)46)32-21-13-14-22-31(37(49)45(35(22)47)39(3,4)5)25(21)17-26-36(48)44(38(50)40(26,32)6)30-18-27(42-43(30)7)34-19(2)24-16-20(41)12-15-29(24)52-34/h9-13,15-16,18,22,25-26,31-32,46H,8,14,17H2,1-7H3/t22-,25+,26-,31-,32+,40+/m0/s1. The van der Waals surface area contributed by atoms with Crippen LogP contribution in [0.4, 0.5) is 5.82 Å². The van der Waals surface area contributed by atoms with Gasteiger partial charge in [0, 0.05) is 39.9 Å². The van der Waals surface area contributed by atoms with Crippen LogP contribution in [0.25, 0.3) is 20.7 Å². The summed E-state index contributed by atoms with van der Waals surface area (Å²) >= 11 is 7.88. The van der Waals surface area contributed by atoms with Gasteiger partial charge in [0.1, 0.15) is 11.5 Å². The number of anilines is 1. The zero-order chi connectivity index (χ0) is 37.2. The predicted octanol–water partition coefficient (Wildman–Crippen LogP) is 7.40. The summed E-state index contributed by atoms with van der Waals surface area (Å²) in [6.07, 6.45) is 2.53. The summed E-state index contributed by atoms with van der Waals surface area (Å²) in [7, 11) is 1.72. The average molecular weight is 741 g/mol. The third-order valence-electron chi connectivity index (χ3n) is 11.8. The second kappa shape index (κ2) is 11.8. The number of amides is 4. The van der Waals surface area contributed by atoms with Crippen molar-refractivity contribution < 1.29 is 29.0 Å². The Balaban J connectivity index is 1.27. The Morgan fingerprint density at radius 3 is 2.52 bits per heavy atom. The van der Waals surface area contributed by atoms with Crippen molar-refractivity contribution in [1.82, 2.24) is 14.7 Å². The number of allylic oxidation sites excluding steroid dienone is 2. The summed E-state index contributed by atoms with van der Waals surface area (Å²) in [5.74, 6) is -4.11. The van der Waals surface area contributed by atoms with E-state index in [-0.39, 0.29) is 29.7 Å². The molecule has 3 fully saturated rings. The fourth-order valence-corrected chi connectivity index (χ4v) is 10.8. The SMILES string of the molecule is CCOc1cccc([C@H]2C3=CC[C@@H]4C(=O)N(C(C)(C)C)C(=O)[C@@H]4[C@@H]3C[C@H]3C(=O)N(c4cc(-c5sc6ccc(Cl)cc6c5C)nn4C)C(=O)[C@@]23C)c1O. The van der Waals surface area contributed by atoms with Crippen LogP contribution in [0.3, 0.4) is 0 Å². The van der Waals surface area contributed by atoms with E-state index >= 15 is 4.79 Å². The summed E-state index contributed by atoms with van der Waals surface area (Å²) < 4.78 is 8.39. The number of phenols is 1. The molecule has 4 amide bonds. The minimum Gasteiger partial charge on any atom is -0.504 e. The molecular formula is C40H41ClN4O6S. The zero-order valence-electron chi connectivity index (χ0n) is 30.2. The topological polar surface area (TPSA) is 122 Å². The highest BCUT2D eigenvalue weighted by Crippen LogP contribution is 2.65. The van der Waals surface area contributed by atoms with Crippen LogP contribution < -0.4 is 9.64 Å². The van der Waals surface area contributed by atoms with Crippen LogP contribution in [0.15, 0.2) is 54.1 Å². The first-order chi connectivity index (χ1) is 24.6. The summed E-state index contributed by atoms with van der Waals surface area (Å²) in [6.45, 7) is 11.5. The molecule has 1 N–H and O–H groups in total. The third kappa shape index (κ3) is 4.70. The van der Waals surface area contributed by atoms with Crippen molar-refractivity contribution in [3.8, 4) is 22.1 Å². The highest BCUT2D eigenvalue weighted by Gasteiger charge is 2.68. The molecule has 10 nitrogen and oxygen atoms in total. The number of aromatic hydroxyl groups is 1. The summed E-state index contributed by atoms with van der Waals surface area (Å²) in [6, 6.07) is 12.7. The Kier molecular flexibility index (Phi) is 7.83. The predicted molar refractivity (Wildman–Crippen MR) is 199 cm³/mol. The molecule has 12 heteroatoms. The average Bonchev–Trinajstić information content (AvgIpc) is 3.76. The van der Waals surface area contributed by atoms with E-state index in [0.29, 0.717) is 35.1 Å². The van der Waals surface area contributed by atoms with E-state index in [0.717, 1.165) is 26.1 Å². The number of thiophene rings is 1. The Hall–Kier alpha value is -4.48. The van der Waals surface area contributed by atoms with Crippen LogP contribution in [0.5, 0.6) is 11.5 Å². The van der Waals surface area contributed by atoms with E-state index in [4.69, 9.17) is 21.4 Å². The summed E-state index contributed by atoms with van der Waals surface area (Å²) in [4.78, 5) is 61.5. The van der Waals surface area contributed by atoms with Gasteiger partial charge in [0.2, 0.25) is 23.6 Å². The first-order valence-corrected chi connectivity index (χ1v) is 18.9.